The van der Waals surface area contributed by atoms with E-state index < -0.39 is 0 Å². The maximum atomic E-state index is 12.8. The average Bonchev–Trinajstić information content (AvgIpc) is 2.61. The van der Waals surface area contributed by atoms with Gasteiger partial charge in [0.25, 0.3) is 0 Å². The normalized spacial score (nSPS) is 10.9. The van der Waals surface area contributed by atoms with Crippen molar-refractivity contribution in [1.29, 1.82) is 0 Å². The van der Waals surface area contributed by atoms with Crippen molar-refractivity contribution in [1.82, 2.24) is 5.32 Å². The summed E-state index contributed by atoms with van der Waals surface area (Å²) >= 11 is 0. The molecule has 0 bridgehead atoms. The first-order valence-corrected chi connectivity index (χ1v) is 8.19. The summed E-state index contributed by atoms with van der Waals surface area (Å²) in [6.07, 6.45) is 1.35. The van der Waals surface area contributed by atoms with Crippen LogP contribution < -0.4 is 5.32 Å². The van der Waals surface area contributed by atoms with E-state index in [1.54, 1.807) is 0 Å². The van der Waals surface area contributed by atoms with E-state index >= 15 is 0 Å². The molecule has 2 nitrogen and oxygen atoms in total. The van der Waals surface area contributed by atoms with E-state index in [1.165, 1.54) is 40.6 Å². The molecule has 0 heterocycles. The fraction of sp³-hybridized carbons (Fsp3) is 0.190. The molecule has 0 amide bonds. The Morgan fingerprint density at radius 1 is 0.875 bits per heavy atom. The van der Waals surface area contributed by atoms with Gasteiger partial charge in [-0.2, -0.15) is 0 Å². The lowest BCUT2D eigenvalue weighted by molar-refractivity contribution is 0.0982. The second-order valence-corrected chi connectivity index (χ2v) is 5.86. The van der Waals surface area contributed by atoms with Gasteiger partial charge in [0, 0.05) is 18.5 Å². The van der Waals surface area contributed by atoms with Gasteiger partial charge in [-0.1, -0.05) is 42.5 Å². The van der Waals surface area contributed by atoms with Gasteiger partial charge in [-0.3, -0.25) is 4.79 Å². The highest BCUT2D eigenvalue weighted by atomic mass is 19.1. The van der Waals surface area contributed by atoms with Crippen LogP contribution in [0.4, 0.5) is 4.39 Å². The number of carbonyl (C=O) groups is 1. The van der Waals surface area contributed by atoms with Crippen LogP contribution in [0, 0.1) is 5.82 Å². The predicted molar refractivity (Wildman–Crippen MR) is 95.9 cm³/mol. The number of halogens is 1. The van der Waals surface area contributed by atoms with Gasteiger partial charge in [-0.25, -0.2) is 4.39 Å². The van der Waals surface area contributed by atoms with Gasteiger partial charge in [0.2, 0.25) is 0 Å². The van der Waals surface area contributed by atoms with Gasteiger partial charge >= 0.3 is 0 Å². The van der Waals surface area contributed by atoms with Gasteiger partial charge in [0.15, 0.2) is 5.78 Å². The van der Waals surface area contributed by atoms with E-state index in [2.05, 4.69) is 35.6 Å². The maximum Gasteiger partial charge on any atom is 0.164 e. The van der Waals surface area contributed by atoms with Crippen LogP contribution >= 0.6 is 0 Å². The van der Waals surface area contributed by atoms with Crippen molar-refractivity contribution >= 4 is 16.6 Å². The zero-order valence-corrected chi connectivity index (χ0v) is 13.5. The average molecular weight is 321 g/mol. The lowest BCUT2D eigenvalue weighted by Gasteiger charge is -2.06. The SMILES string of the molecule is O=C(CCNCCc1ccc2ccccc2c1)c1ccc(F)cc1. The first-order valence-electron chi connectivity index (χ1n) is 8.19. The number of rotatable bonds is 7. The smallest absolute Gasteiger partial charge is 0.164 e. The standard InChI is InChI=1S/C21H20FNO/c22-20-9-7-18(8-10-20)21(24)12-14-23-13-11-16-5-6-17-3-1-2-4-19(17)15-16/h1-10,15,23H,11-14H2. The summed E-state index contributed by atoms with van der Waals surface area (Å²) in [4.78, 5) is 12.0. The zero-order chi connectivity index (χ0) is 16.8. The van der Waals surface area contributed by atoms with Crippen LogP contribution in [0.1, 0.15) is 22.3 Å². The maximum absolute atomic E-state index is 12.8. The number of hydrogen-bond donors (Lipinski definition) is 1. The molecule has 122 valence electrons. The first kappa shape index (κ1) is 16.3. The third kappa shape index (κ3) is 4.27. The van der Waals surface area contributed by atoms with Crippen molar-refractivity contribution in [2.24, 2.45) is 0 Å². The van der Waals surface area contributed by atoms with Crippen LogP contribution in [0.25, 0.3) is 10.8 Å². The fourth-order valence-electron chi connectivity index (χ4n) is 2.73. The topological polar surface area (TPSA) is 29.1 Å². The highest BCUT2D eigenvalue weighted by Crippen LogP contribution is 2.15. The van der Waals surface area contributed by atoms with Crippen LogP contribution in [0.2, 0.25) is 0 Å². The third-order valence-electron chi connectivity index (χ3n) is 4.10. The number of ketones is 1. The second-order valence-electron chi connectivity index (χ2n) is 5.86. The second kappa shape index (κ2) is 7.84. The van der Waals surface area contributed by atoms with E-state index in [9.17, 15) is 9.18 Å². The number of Topliss-reactive ketones (excluding diaryl/α,β-unsaturated/α-hetero) is 1. The molecule has 0 saturated carbocycles. The van der Waals surface area contributed by atoms with Crippen molar-refractivity contribution in [3.05, 3.63) is 83.7 Å². The van der Waals surface area contributed by atoms with E-state index in [4.69, 9.17) is 0 Å². The molecule has 3 rings (SSSR count). The molecule has 3 heteroatoms. The Hall–Kier alpha value is -2.52. The summed E-state index contributed by atoms with van der Waals surface area (Å²) in [6.45, 7) is 1.46. The Bertz CT molecular complexity index is 827. The highest BCUT2D eigenvalue weighted by molar-refractivity contribution is 5.96. The van der Waals surface area contributed by atoms with Gasteiger partial charge in [0.05, 0.1) is 0 Å². The minimum Gasteiger partial charge on any atom is -0.316 e. The predicted octanol–water partition coefficient (Wildman–Crippen LogP) is 4.38. The van der Waals surface area contributed by atoms with Crippen molar-refractivity contribution in [2.45, 2.75) is 12.8 Å². The molecule has 0 fully saturated rings. The number of benzene rings is 3. The minimum atomic E-state index is -0.319. The van der Waals surface area contributed by atoms with Crippen LogP contribution in [0.3, 0.4) is 0 Å². The van der Waals surface area contributed by atoms with Gasteiger partial charge < -0.3 is 5.32 Å². The van der Waals surface area contributed by atoms with Crippen molar-refractivity contribution in [3.8, 4) is 0 Å². The molecule has 0 aliphatic heterocycles. The molecule has 0 saturated heterocycles. The Kier molecular flexibility index (Phi) is 5.34. The molecular weight excluding hydrogens is 301 g/mol. The van der Waals surface area contributed by atoms with E-state index in [-0.39, 0.29) is 11.6 Å². The Balaban J connectivity index is 1.43. The van der Waals surface area contributed by atoms with Crippen molar-refractivity contribution < 1.29 is 9.18 Å². The van der Waals surface area contributed by atoms with Gasteiger partial charge in [0.1, 0.15) is 5.82 Å². The highest BCUT2D eigenvalue weighted by Gasteiger charge is 2.05. The molecule has 0 aliphatic carbocycles. The van der Waals surface area contributed by atoms with Gasteiger partial charge in [-0.15, -0.1) is 0 Å². The van der Waals surface area contributed by atoms with Crippen LogP contribution in [0.5, 0.6) is 0 Å². The van der Waals surface area contributed by atoms with Gasteiger partial charge in [-0.05, 0) is 53.6 Å². The summed E-state index contributed by atoms with van der Waals surface area (Å²) in [7, 11) is 0. The van der Waals surface area contributed by atoms with E-state index in [0.717, 1.165) is 13.0 Å². The molecule has 0 unspecified atom stereocenters. The molecule has 0 atom stereocenters. The monoisotopic (exact) mass is 321 g/mol. The molecule has 0 aromatic heterocycles. The Morgan fingerprint density at radius 2 is 1.62 bits per heavy atom. The summed E-state index contributed by atoms with van der Waals surface area (Å²) in [5, 5.41) is 5.80. The Labute approximate surface area is 141 Å². The number of hydrogen-bond acceptors (Lipinski definition) is 2. The molecule has 3 aromatic carbocycles. The van der Waals surface area contributed by atoms with Crippen molar-refractivity contribution in [2.75, 3.05) is 13.1 Å². The summed E-state index contributed by atoms with van der Waals surface area (Å²) in [5.41, 5.74) is 1.85. The fourth-order valence-corrected chi connectivity index (χ4v) is 2.73. The number of fused-ring (bicyclic) bond motifs is 1. The number of carbonyl (C=O) groups excluding carboxylic acids is 1. The summed E-state index contributed by atoms with van der Waals surface area (Å²) < 4.78 is 12.8. The summed E-state index contributed by atoms with van der Waals surface area (Å²) in [6, 6.07) is 20.5. The number of nitrogens with one attached hydrogen (secondary N) is 1. The zero-order valence-electron chi connectivity index (χ0n) is 13.5. The van der Waals surface area contributed by atoms with Crippen LogP contribution in [-0.2, 0) is 6.42 Å². The van der Waals surface area contributed by atoms with E-state index in [1.807, 2.05) is 12.1 Å². The minimum absolute atomic E-state index is 0.0354. The third-order valence-corrected chi connectivity index (χ3v) is 4.10. The Morgan fingerprint density at radius 3 is 2.42 bits per heavy atom. The summed E-state index contributed by atoms with van der Waals surface area (Å²) in [5.74, 6) is -0.284. The molecule has 1 N–H and O–H groups in total. The quantitative estimate of drug-likeness (QED) is 0.517. The lowest BCUT2D eigenvalue weighted by atomic mass is 10.1. The van der Waals surface area contributed by atoms with Crippen LogP contribution in [-0.4, -0.2) is 18.9 Å². The molecule has 0 radical (unpaired) electrons. The first-order chi connectivity index (χ1) is 11.7. The molecule has 0 spiro atoms. The molecular formula is C21H20FNO. The molecule has 24 heavy (non-hydrogen) atoms. The lowest BCUT2D eigenvalue weighted by Crippen LogP contribution is -2.21. The van der Waals surface area contributed by atoms with E-state index in [0.29, 0.717) is 18.5 Å². The molecule has 0 aliphatic rings. The molecule has 3 aromatic rings. The largest absolute Gasteiger partial charge is 0.316 e. The van der Waals surface area contributed by atoms with Crippen molar-refractivity contribution in [3.63, 3.8) is 0 Å². The van der Waals surface area contributed by atoms with Crippen LogP contribution in [0.15, 0.2) is 66.7 Å².